The molecule has 0 saturated heterocycles. The average molecular weight is 317 g/mol. The summed E-state index contributed by atoms with van der Waals surface area (Å²) < 4.78 is 40.7. The number of thiophene rings is 1. The van der Waals surface area contributed by atoms with Gasteiger partial charge in [0.2, 0.25) is 0 Å². The van der Waals surface area contributed by atoms with E-state index in [9.17, 15) is 18.0 Å². The molecule has 2 aromatic rings. The highest BCUT2D eigenvalue weighted by molar-refractivity contribution is 7.13. The molecule has 0 atom stereocenters. The van der Waals surface area contributed by atoms with Crippen LogP contribution in [0.4, 0.5) is 18.9 Å². The lowest BCUT2D eigenvalue weighted by atomic mass is 10.3. The van der Waals surface area contributed by atoms with Crippen LogP contribution in [-0.4, -0.2) is 17.4 Å². The van der Waals surface area contributed by atoms with Crippen molar-refractivity contribution < 1.29 is 27.8 Å². The second-order valence-electron chi connectivity index (χ2n) is 3.97. The molecule has 1 aromatic carbocycles. The number of carboxylic acid groups (broad SMARTS) is 1. The van der Waals surface area contributed by atoms with Crippen LogP contribution in [0.5, 0.6) is 5.75 Å². The Bertz CT molecular complexity index is 640. The van der Waals surface area contributed by atoms with Crippen molar-refractivity contribution in [3.8, 4) is 5.75 Å². The summed E-state index contributed by atoms with van der Waals surface area (Å²) in [7, 11) is 0. The van der Waals surface area contributed by atoms with Crippen LogP contribution in [-0.2, 0) is 6.54 Å². The Morgan fingerprint density at radius 2 is 1.95 bits per heavy atom. The fourth-order valence-electron chi connectivity index (χ4n) is 1.60. The van der Waals surface area contributed by atoms with Gasteiger partial charge in [-0.2, -0.15) is 0 Å². The lowest BCUT2D eigenvalue weighted by molar-refractivity contribution is -0.274. The standard InChI is InChI=1S/C13H10F3NO3S/c14-13(15,16)20-10-4-2-1-3-9(10)17-7-8-5-6-11(21-8)12(18)19/h1-6,17H,7H2,(H,18,19). The van der Waals surface area contributed by atoms with Crippen molar-refractivity contribution in [2.45, 2.75) is 12.9 Å². The van der Waals surface area contributed by atoms with Crippen LogP contribution in [0.3, 0.4) is 0 Å². The molecule has 2 rings (SSSR count). The Morgan fingerprint density at radius 1 is 1.24 bits per heavy atom. The second-order valence-corrected chi connectivity index (χ2v) is 5.14. The molecule has 112 valence electrons. The third-order valence-corrected chi connectivity index (χ3v) is 3.51. The van der Waals surface area contributed by atoms with Gasteiger partial charge in [0.05, 0.1) is 5.69 Å². The normalized spacial score (nSPS) is 11.2. The van der Waals surface area contributed by atoms with Crippen LogP contribution in [0, 0.1) is 0 Å². The number of aromatic carboxylic acids is 1. The molecule has 0 unspecified atom stereocenters. The molecule has 0 bridgehead atoms. The molecule has 0 radical (unpaired) electrons. The zero-order chi connectivity index (χ0) is 15.5. The highest BCUT2D eigenvalue weighted by Gasteiger charge is 2.32. The van der Waals surface area contributed by atoms with Crippen LogP contribution in [0.2, 0.25) is 0 Å². The first kappa shape index (κ1) is 15.2. The van der Waals surface area contributed by atoms with Crippen LogP contribution < -0.4 is 10.1 Å². The molecule has 1 heterocycles. The Hall–Kier alpha value is -2.22. The van der Waals surface area contributed by atoms with E-state index in [1.165, 1.54) is 24.3 Å². The van der Waals surface area contributed by atoms with Gasteiger partial charge >= 0.3 is 12.3 Å². The molecule has 21 heavy (non-hydrogen) atoms. The van der Waals surface area contributed by atoms with E-state index < -0.39 is 12.3 Å². The predicted octanol–water partition coefficient (Wildman–Crippen LogP) is 3.96. The van der Waals surface area contributed by atoms with E-state index in [1.807, 2.05) is 0 Å². The summed E-state index contributed by atoms with van der Waals surface area (Å²) >= 11 is 1.05. The van der Waals surface area contributed by atoms with Crippen molar-refractivity contribution in [2.75, 3.05) is 5.32 Å². The maximum absolute atomic E-state index is 12.3. The summed E-state index contributed by atoms with van der Waals surface area (Å²) in [6.07, 6.45) is -4.77. The summed E-state index contributed by atoms with van der Waals surface area (Å²) in [5, 5.41) is 11.6. The van der Waals surface area contributed by atoms with E-state index in [0.29, 0.717) is 4.88 Å². The SMILES string of the molecule is O=C(O)c1ccc(CNc2ccccc2OC(F)(F)F)s1. The molecule has 4 nitrogen and oxygen atoms in total. The van der Waals surface area contributed by atoms with Gasteiger partial charge in [-0.1, -0.05) is 12.1 Å². The number of benzene rings is 1. The van der Waals surface area contributed by atoms with Gasteiger partial charge < -0.3 is 15.2 Å². The maximum atomic E-state index is 12.3. The fourth-order valence-corrected chi connectivity index (χ4v) is 2.38. The number of rotatable bonds is 5. The molecule has 2 N–H and O–H groups in total. The van der Waals surface area contributed by atoms with Crippen LogP contribution in [0.25, 0.3) is 0 Å². The van der Waals surface area contributed by atoms with Gasteiger partial charge in [0.1, 0.15) is 4.88 Å². The number of carbonyl (C=O) groups is 1. The van der Waals surface area contributed by atoms with Crippen molar-refractivity contribution in [1.29, 1.82) is 0 Å². The number of hydrogen-bond donors (Lipinski definition) is 2. The lowest BCUT2D eigenvalue weighted by Gasteiger charge is -2.14. The van der Waals surface area contributed by atoms with Gasteiger partial charge in [0.25, 0.3) is 0 Å². The number of alkyl halides is 3. The first-order valence-corrected chi connectivity index (χ1v) is 6.57. The number of anilines is 1. The minimum Gasteiger partial charge on any atom is -0.477 e. The Kier molecular flexibility index (Phi) is 4.37. The van der Waals surface area contributed by atoms with Crippen LogP contribution >= 0.6 is 11.3 Å². The highest BCUT2D eigenvalue weighted by Crippen LogP contribution is 2.30. The minimum absolute atomic E-state index is 0.173. The van der Waals surface area contributed by atoms with E-state index in [4.69, 9.17) is 5.11 Å². The topological polar surface area (TPSA) is 58.6 Å². The maximum Gasteiger partial charge on any atom is 0.573 e. The Balaban J connectivity index is 2.07. The number of hydrogen-bond acceptors (Lipinski definition) is 4. The number of carboxylic acids is 1. The zero-order valence-electron chi connectivity index (χ0n) is 10.5. The highest BCUT2D eigenvalue weighted by atomic mass is 32.1. The Labute approximate surface area is 121 Å². The molecule has 8 heteroatoms. The van der Waals surface area contributed by atoms with Crippen LogP contribution in [0.1, 0.15) is 14.5 Å². The van der Waals surface area contributed by atoms with Crippen molar-refractivity contribution in [3.63, 3.8) is 0 Å². The molecular weight excluding hydrogens is 307 g/mol. The Morgan fingerprint density at radius 3 is 2.57 bits per heavy atom. The van der Waals surface area contributed by atoms with Crippen molar-refractivity contribution in [2.24, 2.45) is 0 Å². The lowest BCUT2D eigenvalue weighted by Crippen LogP contribution is -2.18. The van der Waals surface area contributed by atoms with E-state index in [0.717, 1.165) is 11.3 Å². The first-order valence-electron chi connectivity index (χ1n) is 5.76. The van der Waals surface area contributed by atoms with E-state index in [-0.39, 0.29) is 22.9 Å². The van der Waals surface area contributed by atoms with Crippen molar-refractivity contribution >= 4 is 23.0 Å². The quantitative estimate of drug-likeness (QED) is 0.876. The molecule has 0 spiro atoms. The summed E-state index contributed by atoms with van der Waals surface area (Å²) in [4.78, 5) is 11.6. The number of nitrogens with one attached hydrogen (secondary N) is 1. The van der Waals surface area contributed by atoms with Gasteiger partial charge in [-0.3, -0.25) is 0 Å². The molecule has 0 aliphatic heterocycles. The van der Waals surface area contributed by atoms with Crippen molar-refractivity contribution in [3.05, 3.63) is 46.2 Å². The predicted molar refractivity (Wildman–Crippen MR) is 71.7 cm³/mol. The van der Waals surface area contributed by atoms with E-state index in [2.05, 4.69) is 10.1 Å². The second kappa shape index (κ2) is 6.04. The molecule has 1 aromatic heterocycles. The zero-order valence-corrected chi connectivity index (χ0v) is 11.3. The van der Waals surface area contributed by atoms with Gasteiger partial charge in [-0.25, -0.2) is 4.79 Å². The van der Waals surface area contributed by atoms with Gasteiger partial charge in [0, 0.05) is 11.4 Å². The van der Waals surface area contributed by atoms with Gasteiger partial charge in [-0.05, 0) is 24.3 Å². The number of halogens is 3. The number of ether oxygens (including phenoxy) is 1. The number of para-hydroxylation sites is 2. The summed E-state index contributed by atoms with van der Waals surface area (Å²) in [6, 6.07) is 8.71. The first-order chi connectivity index (χ1) is 9.85. The molecule has 0 aliphatic carbocycles. The third-order valence-electron chi connectivity index (χ3n) is 2.44. The average Bonchev–Trinajstić information content (AvgIpc) is 2.85. The van der Waals surface area contributed by atoms with Crippen LogP contribution in [0.15, 0.2) is 36.4 Å². The monoisotopic (exact) mass is 317 g/mol. The fraction of sp³-hybridized carbons (Fsp3) is 0.154. The summed E-state index contributed by atoms with van der Waals surface area (Å²) in [5.74, 6) is -1.37. The molecule has 0 saturated carbocycles. The molecule has 0 aliphatic rings. The minimum atomic E-state index is -4.77. The van der Waals surface area contributed by atoms with Gasteiger partial charge in [0.15, 0.2) is 5.75 Å². The summed E-state index contributed by atoms with van der Waals surface area (Å²) in [5.41, 5.74) is 0.181. The van der Waals surface area contributed by atoms with E-state index in [1.54, 1.807) is 12.1 Å². The van der Waals surface area contributed by atoms with Gasteiger partial charge in [-0.15, -0.1) is 24.5 Å². The molecule has 0 amide bonds. The smallest absolute Gasteiger partial charge is 0.477 e. The largest absolute Gasteiger partial charge is 0.573 e. The van der Waals surface area contributed by atoms with E-state index >= 15 is 0 Å². The molecule has 0 fully saturated rings. The third kappa shape index (κ3) is 4.38. The molecular formula is C13H10F3NO3S. The summed E-state index contributed by atoms with van der Waals surface area (Å²) in [6.45, 7) is 0.205. The van der Waals surface area contributed by atoms with Crippen molar-refractivity contribution in [1.82, 2.24) is 0 Å².